The minimum atomic E-state index is -0.341. The van der Waals surface area contributed by atoms with Crippen molar-refractivity contribution in [2.45, 2.75) is 38.1 Å². The summed E-state index contributed by atoms with van der Waals surface area (Å²) in [5.41, 5.74) is 8.01. The predicted molar refractivity (Wildman–Crippen MR) is 60.6 cm³/mol. The minimum absolute atomic E-state index is 0.0489. The van der Waals surface area contributed by atoms with Gasteiger partial charge in [-0.25, -0.2) is 4.39 Å². The molecule has 3 heteroatoms. The first kappa shape index (κ1) is 10.9. The van der Waals surface area contributed by atoms with Crippen LogP contribution in [-0.4, -0.2) is 5.54 Å². The summed E-state index contributed by atoms with van der Waals surface area (Å²) in [6.45, 7) is 1.86. The van der Waals surface area contributed by atoms with Gasteiger partial charge < -0.3 is 5.73 Å². The van der Waals surface area contributed by atoms with E-state index < -0.39 is 0 Å². The Morgan fingerprint density at radius 3 is 2.73 bits per heavy atom. The van der Waals surface area contributed by atoms with Crippen molar-refractivity contribution in [2.75, 3.05) is 0 Å². The number of nitrogens with two attached hydrogens (primary N) is 1. The van der Waals surface area contributed by atoms with E-state index in [1.807, 2.05) is 13.0 Å². The fourth-order valence-corrected chi connectivity index (χ4v) is 1.94. The van der Waals surface area contributed by atoms with E-state index in [-0.39, 0.29) is 16.4 Å². The second-order valence-electron chi connectivity index (χ2n) is 4.51. The lowest BCUT2D eigenvalue weighted by Gasteiger charge is -2.11. The van der Waals surface area contributed by atoms with Crippen molar-refractivity contribution in [3.05, 3.63) is 34.1 Å². The summed E-state index contributed by atoms with van der Waals surface area (Å²) in [6, 6.07) is 3.24. The van der Waals surface area contributed by atoms with Crippen LogP contribution in [-0.2, 0) is 6.42 Å². The maximum Gasteiger partial charge on any atom is 0.142 e. The molecule has 0 aromatic heterocycles. The van der Waals surface area contributed by atoms with Gasteiger partial charge >= 0.3 is 0 Å². The summed E-state index contributed by atoms with van der Waals surface area (Å²) in [6.07, 6.45) is 4.08. The van der Waals surface area contributed by atoms with Gasteiger partial charge in [-0.1, -0.05) is 17.7 Å². The Hall–Kier alpha value is -0.600. The summed E-state index contributed by atoms with van der Waals surface area (Å²) in [5, 5.41) is 0.245. The molecule has 0 bridgehead atoms. The average Bonchev–Trinajstić information content (AvgIpc) is 2.93. The highest BCUT2D eigenvalue weighted by molar-refractivity contribution is 6.31. The molecule has 2 N–H and O–H groups in total. The quantitative estimate of drug-likeness (QED) is 0.843. The highest BCUT2D eigenvalue weighted by Crippen LogP contribution is 2.37. The number of halogens is 2. The van der Waals surface area contributed by atoms with Crippen LogP contribution in [0, 0.1) is 12.7 Å². The Labute approximate surface area is 94.4 Å². The standard InChI is InChI=1S/C12H15ClFN/c1-8-9(2-3-10(14)11(8)13)4-5-12(15)6-7-12/h2-3H,4-7,15H2,1H3. The number of hydrogen-bond acceptors (Lipinski definition) is 1. The molecule has 1 saturated carbocycles. The van der Waals surface area contributed by atoms with Gasteiger partial charge in [0.05, 0.1) is 5.02 Å². The first-order valence-electron chi connectivity index (χ1n) is 5.24. The van der Waals surface area contributed by atoms with Gasteiger partial charge in [0.1, 0.15) is 5.82 Å². The zero-order chi connectivity index (χ0) is 11.1. The van der Waals surface area contributed by atoms with Crippen molar-refractivity contribution < 1.29 is 4.39 Å². The third kappa shape index (κ3) is 2.32. The molecule has 1 aromatic carbocycles. The summed E-state index contributed by atoms with van der Waals surface area (Å²) < 4.78 is 13.1. The predicted octanol–water partition coefficient (Wildman–Crippen LogP) is 3.21. The van der Waals surface area contributed by atoms with Crippen LogP contribution in [0.3, 0.4) is 0 Å². The maximum atomic E-state index is 13.1. The molecule has 0 spiro atoms. The fourth-order valence-electron chi connectivity index (χ4n) is 1.76. The molecule has 1 aliphatic rings. The highest BCUT2D eigenvalue weighted by Gasteiger charge is 2.37. The Balaban J connectivity index is 2.11. The van der Waals surface area contributed by atoms with E-state index in [0.29, 0.717) is 0 Å². The first-order chi connectivity index (χ1) is 7.02. The molecule has 0 heterocycles. The van der Waals surface area contributed by atoms with Gasteiger partial charge in [0, 0.05) is 5.54 Å². The molecule has 0 saturated heterocycles. The van der Waals surface area contributed by atoms with E-state index >= 15 is 0 Å². The normalized spacial score (nSPS) is 17.9. The molecule has 1 aliphatic carbocycles. The van der Waals surface area contributed by atoms with Crippen LogP contribution in [0.25, 0.3) is 0 Å². The number of hydrogen-bond donors (Lipinski definition) is 1. The molecule has 0 aliphatic heterocycles. The van der Waals surface area contributed by atoms with Crippen LogP contribution in [0.1, 0.15) is 30.4 Å². The van der Waals surface area contributed by atoms with Gasteiger partial charge in [-0.05, 0) is 49.8 Å². The number of aryl methyl sites for hydroxylation is 1. The summed E-state index contributed by atoms with van der Waals surface area (Å²) in [5.74, 6) is -0.341. The molecule has 0 radical (unpaired) electrons. The van der Waals surface area contributed by atoms with Crippen LogP contribution in [0.2, 0.25) is 5.02 Å². The maximum absolute atomic E-state index is 13.1. The van der Waals surface area contributed by atoms with E-state index in [1.54, 1.807) is 0 Å². The number of benzene rings is 1. The Morgan fingerprint density at radius 1 is 1.47 bits per heavy atom. The van der Waals surface area contributed by atoms with Crippen molar-refractivity contribution in [2.24, 2.45) is 5.73 Å². The summed E-state index contributed by atoms with van der Waals surface area (Å²) >= 11 is 5.84. The topological polar surface area (TPSA) is 26.0 Å². The Bertz CT molecular complexity index is 385. The van der Waals surface area contributed by atoms with E-state index in [2.05, 4.69) is 0 Å². The van der Waals surface area contributed by atoms with Crippen LogP contribution >= 0.6 is 11.6 Å². The molecule has 1 aromatic rings. The van der Waals surface area contributed by atoms with E-state index in [1.165, 1.54) is 6.07 Å². The van der Waals surface area contributed by atoms with Crippen molar-refractivity contribution in [3.63, 3.8) is 0 Å². The minimum Gasteiger partial charge on any atom is -0.325 e. The van der Waals surface area contributed by atoms with Crippen LogP contribution in [0.4, 0.5) is 4.39 Å². The molecular weight excluding hydrogens is 213 g/mol. The van der Waals surface area contributed by atoms with Crippen molar-refractivity contribution in [1.29, 1.82) is 0 Å². The lowest BCUT2D eigenvalue weighted by atomic mass is 10.00. The van der Waals surface area contributed by atoms with Crippen LogP contribution in [0.5, 0.6) is 0 Å². The second kappa shape index (κ2) is 3.76. The highest BCUT2D eigenvalue weighted by atomic mass is 35.5. The summed E-state index contributed by atoms with van der Waals surface area (Å²) in [4.78, 5) is 0. The van der Waals surface area contributed by atoms with Crippen molar-refractivity contribution in [3.8, 4) is 0 Å². The molecule has 82 valence electrons. The second-order valence-corrected chi connectivity index (χ2v) is 4.89. The Morgan fingerprint density at radius 2 is 2.13 bits per heavy atom. The van der Waals surface area contributed by atoms with Crippen molar-refractivity contribution in [1.82, 2.24) is 0 Å². The molecule has 1 fully saturated rings. The third-order valence-corrected chi connectivity index (χ3v) is 3.70. The van der Waals surface area contributed by atoms with Crippen LogP contribution < -0.4 is 5.73 Å². The lowest BCUT2D eigenvalue weighted by molar-refractivity contribution is 0.603. The molecule has 2 rings (SSSR count). The van der Waals surface area contributed by atoms with E-state index in [9.17, 15) is 4.39 Å². The van der Waals surface area contributed by atoms with Gasteiger partial charge in [-0.2, -0.15) is 0 Å². The molecule has 0 unspecified atom stereocenters. The van der Waals surface area contributed by atoms with E-state index in [4.69, 9.17) is 17.3 Å². The molecule has 15 heavy (non-hydrogen) atoms. The first-order valence-corrected chi connectivity index (χ1v) is 5.62. The van der Waals surface area contributed by atoms with Crippen molar-refractivity contribution >= 4 is 11.6 Å². The summed E-state index contributed by atoms with van der Waals surface area (Å²) in [7, 11) is 0. The monoisotopic (exact) mass is 227 g/mol. The molecule has 0 atom stereocenters. The van der Waals surface area contributed by atoms with E-state index in [0.717, 1.165) is 36.8 Å². The fraction of sp³-hybridized carbons (Fsp3) is 0.500. The smallest absolute Gasteiger partial charge is 0.142 e. The van der Waals surface area contributed by atoms with Crippen LogP contribution in [0.15, 0.2) is 12.1 Å². The van der Waals surface area contributed by atoms with Gasteiger partial charge in [-0.15, -0.1) is 0 Å². The van der Waals surface area contributed by atoms with Gasteiger partial charge in [0.2, 0.25) is 0 Å². The Kier molecular flexibility index (Phi) is 2.73. The SMILES string of the molecule is Cc1c(CCC2(N)CC2)ccc(F)c1Cl. The van der Waals surface area contributed by atoms with Gasteiger partial charge in [0.15, 0.2) is 0 Å². The third-order valence-electron chi connectivity index (χ3n) is 3.24. The largest absolute Gasteiger partial charge is 0.325 e. The van der Waals surface area contributed by atoms with Gasteiger partial charge in [-0.3, -0.25) is 0 Å². The van der Waals surface area contributed by atoms with Gasteiger partial charge in [0.25, 0.3) is 0 Å². The molecule has 1 nitrogen and oxygen atoms in total. The lowest BCUT2D eigenvalue weighted by Crippen LogP contribution is -2.22. The zero-order valence-corrected chi connectivity index (χ0v) is 9.57. The average molecular weight is 228 g/mol. The zero-order valence-electron chi connectivity index (χ0n) is 8.82. The molecule has 0 amide bonds. The number of rotatable bonds is 3. The molecular formula is C12H15ClFN.